The van der Waals surface area contributed by atoms with Gasteiger partial charge in [-0.15, -0.1) is 0 Å². The molecule has 0 saturated heterocycles. The van der Waals surface area contributed by atoms with E-state index in [4.69, 9.17) is 9.47 Å². The van der Waals surface area contributed by atoms with Crippen LogP contribution >= 0.6 is 0 Å². The lowest BCUT2D eigenvalue weighted by molar-refractivity contribution is 0.172. The molecule has 0 fully saturated rings. The quantitative estimate of drug-likeness (QED) is 0.702. The Morgan fingerprint density at radius 3 is 2.96 bits per heavy atom. The topological polar surface area (TPSA) is 73.1 Å². The highest BCUT2D eigenvalue weighted by atomic mass is 32.2. The largest absolute Gasteiger partial charge is 0.493 e. The van der Waals surface area contributed by atoms with Gasteiger partial charge in [-0.2, -0.15) is 0 Å². The van der Waals surface area contributed by atoms with Gasteiger partial charge in [-0.25, -0.2) is 9.98 Å². The van der Waals surface area contributed by atoms with E-state index in [0.29, 0.717) is 18.4 Å². The highest BCUT2D eigenvalue weighted by molar-refractivity contribution is 7.99. The summed E-state index contributed by atoms with van der Waals surface area (Å²) in [5.74, 6) is 1.03. The standard InChI is InChI=1S/C18H21N3O3S/c1-13-16(19-9-8-17(13)24-11-5-10-23-2)12-25(22)18-20-14-6-3-4-7-15(14)21-18/h3,6-9H,4-5,10-12H2,1-2H3. The lowest BCUT2D eigenvalue weighted by Gasteiger charge is -2.11. The number of nitrogens with zero attached hydrogens (tertiary/aromatic N) is 3. The maximum absolute atomic E-state index is 12.6. The first-order valence-electron chi connectivity index (χ1n) is 8.18. The van der Waals surface area contributed by atoms with Crippen molar-refractivity contribution in [1.82, 2.24) is 4.98 Å². The molecule has 1 aliphatic carbocycles. The first-order valence-corrected chi connectivity index (χ1v) is 9.50. The number of aromatic nitrogens is 1. The average molecular weight is 359 g/mol. The molecule has 0 aromatic carbocycles. The Morgan fingerprint density at radius 1 is 1.28 bits per heavy atom. The third-order valence-corrected chi connectivity index (χ3v) is 5.02. The first-order chi connectivity index (χ1) is 12.2. The van der Waals surface area contributed by atoms with Gasteiger partial charge in [0.25, 0.3) is 0 Å². The zero-order chi connectivity index (χ0) is 17.6. The molecule has 7 heteroatoms. The van der Waals surface area contributed by atoms with E-state index in [2.05, 4.69) is 15.0 Å². The van der Waals surface area contributed by atoms with Gasteiger partial charge in [0.1, 0.15) is 5.75 Å². The number of pyridine rings is 1. The van der Waals surface area contributed by atoms with Crippen molar-refractivity contribution in [2.24, 2.45) is 9.98 Å². The Bertz CT molecular complexity index is 797. The number of allylic oxidation sites excluding steroid dienone is 3. The number of amidine groups is 1. The molecule has 132 valence electrons. The zero-order valence-corrected chi connectivity index (χ0v) is 15.2. The molecule has 0 N–H and O–H groups in total. The van der Waals surface area contributed by atoms with Crippen LogP contribution < -0.4 is 4.74 Å². The molecule has 1 aliphatic heterocycles. The van der Waals surface area contributed by atoms with Crippen LogP contribution in [0.4, 0.5) is 0 Å². The van der Waals surface area contributed by atoms with Gasteiger partial charge in [-0.05, 0) is 25.5 Å². The van der Waals surface area contributed by atoms with Gasteiger partial charge in [0.15, 0.2) is 0 Å². The Labute approximate surface area is 149 Å². The van der Waals surface area contributed by atoms with E-state index < -0.39 is 10.8 Å². The van der Waals surface area contributed by atoms with Crippen molar-refractivity contribution in [3.63, 3.8) is 0 Å². The molecule has 0 radical (unpaired) electrons. The summed E-state index contributed by atoms with van der Waals surface area (Å²) in [4.78, 5) is 13.1. The molecule has 1 atom stereocenters. The number of aliphatic imine (C=N–C) groups is 2. The summed E-state index contributed by atoms with van der Waals surface area (Å²) in [6.45, 7) is 3.16. The number of ether oxygens (including phenoxy) is 2. The number of fused-ring (bicyclic) bond motifs is 1. The van der Waals surface area contributed by atoms with Crippen LogP contribution in [0.3, 0.4) is 0 Å². The Morgan fingerprint density at radius 2 is 2.16 bits per heavy atom. The van der Waals surface area contributed by atoms with Crippen LogP contribution in [-0.2, 0) is 21.3 Å². The summed E-state index contributed by atoms with van der Waals surface area (Å²) in [6, 6.07) is 1.83. The molecular formula is C18H21N3O3S. The fraction of sp³-hybridized carbons (Fsp3) is 0.389. The van der Waals surface area contributed by atoms with Gasteiger partial charge in [-0.3, -0.25) is 9.19 Å². The Hall–Kier alpha value is -2.12. The second-order valence-electron chi connectivity index (χ2n) is 5.68. The summed E-state index contributed by atoms with van der Waals surface area (Å²) >= 11 is 0. The van der Waals surface area contributed by atoms with Crippen molar-refractivity contribution in [2.75, 3.05) is 20.3 Å². The number of rotatable bonds is 7. The van der Waals surface area contributed by atoms with Crippen molar-refractivity contribution in [3.8, 4) is 5.75 Å². The summed E-state index contributed by atoms with van der Waals surface area (Å²) in [5, 5.41) is 0.361. The molecule has 0 bridgehead atoms. The van der Waals surface area contributed by atoms with Crippen LogP contribution in [0.1, 0.15) is 24.1 Å². The first kappa shape index (κ1) is 17.7. The van der Waals surface area contributed by atoms with Gasteiger partial charge in [0, 0.05) is 31.9 Å². The second kappa shape index (κ2) is 8.31. The van der Waals surface area contributed by atoms with Crippen LogP contribution in [0.25, 0.3) is 0 Å². The molecule has 1 aromatic rings. The van der Waals surface area contributed by atoms with Gasteiger partial charge < -0.3 is 9.47 Å². The minimum Gasteiger partial charge on any atom is -0.493 e. The fourth-order valence-corrected chi connectivity index (χ4v) is 3.58. The Kier molecular flexibility index (Phi) is 5.88. The van der Waals surface area contributed by atoms with Crippen LogP contribution in [0.2, 0.25) is 0 Å². The smallest absolute Gasteiger partial charge is 0.220 e. The van der Waals surface area contributed by atoms with Crippen LogP contribution in [-0.4, -0.2) is 40.4 Å². The minimum atomic E-state index is -1.34. The van der Waals surface area contributed by atoms with E-state index in [1.165, 1.54) is 0 Å². The number of methoxy groups -OCH3 is 1. The molecule has 0 spiro atoms. The van der Waals surface area contributed by atoms with Crippen molar-refractivity contribution in [1.29, 1.82) is 0 Å². The molecular weight excluding hydrogens is 338 g/mol. The highest BCUT2D eigenvalue weighted by Crippen LogP contribution is 2.23. The summed E-state index contributed by atoms with van der Waals surface area (Å²) < 4.78 is 23.4. The third kappa shape index (κ3) is 4.29. The molecule has 2 aliphatic rings. The van der Waals surface area contributed by atoms with E-state index in [9.17, 15) is 4.21 Å². The van der Waals surface area contributed by atoms with Crippen molar-refractivity contribution >= 4 is 21.7 Å². The van der Waals surface area contributed by atoms with Crippen molar-refractivity contribution < 1.29 is 13.7 Å². The lowest BCUT2D eigenvalue weighted by atomic mass is 10.1. The number of hydrogen-bond donors (Lipinski definition) is 0. The minimum absolute atomic E-state index is 0.272. The highest BCUT2D eigenvalue weighted by Gasteiger charge is 2.21. The van der Waals surface area contributed by atoms with E-state index >= 15 is 0 Å². The molecule has 0 saturated carbocycles. The number of hydrogen-bond acceptors (Lipinski definition) is 6. The monoisotopic (exact) mass is 359 g/mol. The van der Waals surface area contributed by atoms with E-state index in [1.807, 2.05) is 31.2 Å². The average Bonchev–Trinajstić information content (AvgIpc) is 3.06. The Balaban J connectivity index is 1.68. The molecule has 6 nitrogen and oxygen atoms in total. The predicted molar refractivity (Wildman–Crippen MR) is 99.5 cm³/mol. The normalized spacial score (nSPS) is 16.8. The van der Waals surface area contributed by atoms with Crippen molar-refractivity contribution in [2.45, 2.75) is 25.5 Å². The third-order valence-electron chi connectivity index (χ3n) is 3.90. The molecule has 1 unspecified atom stereocenters. The second-order valence-corrected chi connectivity index (χ2v) is 7.03. The molecule has 3 rings (SSSR count). The van der Waals surface area contributed by atoms with Crippen LogP contribution in [0.5, 0.6) is 5.75 Å². The zero-order valence-electron chi connectivity index (χ0n) is 14.4. The lowest BCUT2D eigenvalue weighted by Crippen LogP contribution is -2.09. The molecule has 0 amide bonds. The van der Waals surface area contributed by atoms with Crippen LogP contribution in [0, 0.1) is 6.92 Å². The van der Waals surface area contributed by atoms with Crippen LogP contribution in [0.15, 0.2) is 46.2 Å². The van der Waals surface area contributed by atoms with E-state index in [-0.39, 0.29) is 5.75 Å². The fourth-order valence-electron chi connectivity index (χ4n) is 2.51. The predicted octanol–water partition coefficient (Wildman–Crippen LogP) is 2.71. The SMILES string of the molecule is COCCCOc1ccnc(CS(=O)C2=NC3=CCC=CC3=N2)c1C. The van der Waals surface area contributed by atoms with Crippen molar-refractivity contribution in [3.05, 3.63) is 47.4 Å². The van der Waals surface area contributed by atoms with Gasteiger partial charge in [0.05, 0.1) is 40.3 Å². The van der Waals surface area contributed by atoms with E-state index in [1.54, 1.807) is 13.3 Å². The van der Waals surface area contributed by atoms with Gasteiger partial charge in [0.2, 0.25) is 5.17 Å². The molecule has 25 heavy (non-hydrogen) atoms. The van der Waals surface area contributed by atoms with Gasteiger partial charge >= 0.3 is 0 Å². The molecule has 1 aromatic heterocycles. The molecule has 2 heterocycles. The summed E-state index contributed by atoms with van der Waals surface area (Å²) in [7, 11) is 0.328. The summed E-state index contributed by atoms with van der Waals surface area (Å²) in [5.41, 5.74) is 3.24. The summed E-state index contributed by atoms with van der Waals surface area (Å²) in [6.07, 6.45) is 9.25. The maximum Gasteiger partial charge on any atom is 0.220 e. The van der Waals surface area contributed by atoms with Gasteiger partial charge in [-0.1, -0.05) is 12.2 Å². The van der Waals surface area contributed by atoms with E-state index in [0.717, 1.165) is 41.3 Å². The maximum atomic E-state index is 12.6.